The van der Waals surface area contributed by atoms with E-state index in [9.17, 15) is 0 Å². The highest BCUT2D eigenvalue weighted by Crippen LogP contribution is 2.64. The summed E-state index contributed by atoms with van der Waals surface area (Å²) in [5, 5.41) is 16.0. The molecule has 0 aromatic carbocycles. The lowest BCUT2D eigenvalue weighted by Gasteiger charge is -2.50. The number of rotatable bonds is 5. The van der Waals surface area contributed by atoms with Crippen molar-refractivity contribution in [2.24, 2.45) is 16.7 Å². The zero-order valence-corrected chi connectivity index (χ0v) is 28.3. The van der Waals surface area contributed by atoms with E-state index >= 15 is 0 Å². The van der Waals surface area contributed by atoms with Crippen molar-refractivity contribution in [3.05, 3.63) is 22.8 Å². The minimum atomic E-state index is -0.273. The lowest BCUT2D eigenvalue weighted by atomic mass is 9.67. The average molecular weight is 551 g/mol. The first-order valence-electron chi connectivity index (χ1n) is 14.7. The molecular formula is C31H60N4P2. The SMILES string of the molecule is CC(C)(C)C1=CC(C(P)(C2NCCCN2)C2NCCCN2)=C(CP(C(C)(C)C)C(C)(C)C)C1C(C)(C)C. The van der Waals surface area contributed by atoms with E-state index in [1.54, 1.807) is 16.7 Å². The molecule has 0 spiro atoms. The lowest BCUT2D eigenvalue weighted by molar-refractivity contribution is 0.229. The third-order valence-electron chi connectivity index (χ3n) is 8.51. The summed E-state index contributed by atoms with van der Waals surface area (Å²) in [6.45, 7) is 33.8. The van der Waals surface area contributed by atoms with Gasteiger partial charge in [0.15, 0.2) is 0 Å². The smallest absolute Gasteiger partial charge is 0.0735 e. The minimum Gasteiger partial charge on any atom is -0.301 e. The first kappa shape index (κ1) is 31.7. The van der Waals surface area contributed by atoms with Crippen molar-refractivity contribution in [3.63, 3.8) is 0 Å². The molecule has 2 unspecified atom stereocenters. The third kappa shape index (κ3) is 6.92. The summed E-state index contributed by atoms with van der Waals surface area (Å²) < 4.78 is 0. The van der Waals surface area contributed by atoms with Crippen LogP contribution in [0.3, 0.4) is 0 Å². The monoisotopic (exact) mass is 550 g/mol. The molecule has 2 aliphatic heterocycles. The molecule has 0 amide bonds. The Hall–Kier alpha value is 0.180. The second kappa shape index (κ2) is 11.2. The standard InChI is InChI=1S/C31H60N4P2/c1-27(2,3)23-19-22(31(36,25-32-15-13-16-33-25)26-34-17-14-18-35-26)21(24(23)28(4,5)6)20-37(29(7,8)9)30(10,11)12/h19,24-26,32-35H,13-18,20,36H2,1-12H3. The lowest BCUT2D eigenvalue weighted by Crippen LogP contribution is -2.71. The summed E-state index contributed by atoms with van der Waals surface area (Å²) in [5.74, 6) is 0.448. The van der Waals surface area contributed by atoms with Crippen LogP contribution in [0.2, 0.25) is 0 Å². The minimum absolute atomic E-state index is 0.115. The van der Waals surface area contributed by atoms with Crippen LogP contribution in [0.5, 0.6) is 0 Å². The van der Waals surface area contributed by atoms with Crippen molar-refractivity contribution < 1.29 is 0 Å². The zero-order valence-electron chi connectivity index (χ0n) is 26.3. The van der Waals surface area contributed by atoms with Gasteiger partial charge in [-0.3, -0.25) is 0 Å². The number of nitrogens with one attached hydrogen (secondary N) is 4. The molecule has 1 aliphatic carbocycles. The summed E-state index contributed by atoms with van der Waals surface area (Å²) in [6, 6.07) is 0. The molecule has 2 fully saturated rings. The highest BCUT2D eigenvalue weighted by molar-refractivity contribution is 7.61. The summed E-state index contributed by atoms with van der Waals surface area (Å²) in [6.07, 6.45) is 6.62. The van der Waals surface area contributed by atoms with E-state index in [2.05, 4.69) is 120 Å². The molecule has 37 heavy (non-hydrogen) atoms. The summed E-state index contributed by atoms with van der Waals surface area (Å²) >= 11 is 0. The van der Waals surface area contributed by atoms with Crippen molar-refractivity contribution in [2.75, 3.05) is 32.3 Å². The van der Waals surface area contributed by atoms with Crippen molar-refractivity contribution in [1.29, 1.82) is 0 Å². The van der Waals surface area contributed by atoms with Gasteiger partial charge in [0.1, 0.15) is 0 Å². The van der Waals surface area contributed by atoms with Crippen LogP contribution in [0.25, 0.3) is 0 Å². The Kier molecular flexibility index (Phi) is 9.61. The number of allylic oxidation sites excluding steroid dienone is 3. The van der Waals surface area contributed by atoms with Crippen LogP contribution in [0.4, 0.5) is 0 Å². The van der Waals surface area contributed by atoms with Gasteiger partial charge >= 0.3 is 0 Å². The van der Waals surface area contributed by atoms with Crippen molar-refractivity contribution >= 4 is 17.2 Å². The molecule has 3 rings (SSSR count). The average Bonchev–Trinajstić information content (AvgIpc) is 3.17. The molecule has 4 nitrogen and oxygen atoms in total. The highest BCUT2D eigenvalue weighted by Gasteiger charge is 2.52. The first-order chi connectivity index (χ1) is 16.8. The van der Waals surface area contributed by atoms with Crippen molar-refractivity contribution in [2.45, 2.75) is 124 Å². The predicted octanol–water partition coefficient (Wildman–Crippen LogP) is 6.44. The molecule has 0 aromatic heterocycles. The van der Waals surface area contributed by atoms with E-state index in [4.69, 9.17) is 0 Å². The largest absolute Gasteiger partial charge is 0.301 e. The zero-order chi connectivity index (χ0) is 28.0. The summed E-state index contributed by atoms with van der Waals surface area (Å²) in [4.78, 5) is 0. The normalized spacial score (nSPS) is 24.3. The van der Waals surface area contributed by atoms with Gasteiger partial charge in [0.2, 0.25) is 0 Å². The molecule has 6 heteroatoms. The van der Waals surface area contributed by atoms with Crippen LogP contribution >= 0.6 is 17.2 Å². The molecule has 214 valence electrons. The van der Waals surface area contributed by atoms with Crippen molar-refractivity contribution in [3.8, 4) is 0 Å². The molecule has 2 heterocycles. The Labute approximate surface area is 233 Å². The second-order valence-corrected chi connectivity index (χ2v) is 20.6. The summed E-state index contributed by atoms with van der Waals surface area (Å²) in [7, 11) is 3.14. The van der Waals surface area contributed by atoms with Crippen LogP contribution in [0.15, 0.2) is 22.8 Å². The molecule has 0 saturated carbocycles. The van der Waals surface area contributed by atoms with E-state index < -0.39 is 0 Å². The number of hydrogen-bond acceptors (Lipinski definition) is 4. The first-order valence-corrected chi connectivity index (χ1v) is 16.8. The quantitative estimate of drug-likeness (QED) is 0.298. The van der Waals surface area contributed by atoms with Gasteiger partial charge in [0.25, 0.3) is 0 Å². The number of hydrogen-bond donors (Lipinski definition) is 4. The molecule has 4 N–H and O–H groups in total. The van der Waals surface area contributed by atoms with E-state index in [1.165, 1.54) is 19.0 Å². The molecular weight excluding hydrogens is 490 g/mol. The fourth-order valence-corrected chi connectivity index (χ4v) is 11.4. The van der Waals surface area contributed by atoms with E-state index in [1.807, 2.05) is 0 Å². The van der Waals surface area contributed by atoms with Gasteiger partial charge in [0.05, 0.1) is 17.5 Å². The molecule has 2 atom stereocenters. The molecule has 2 saturated heterocycles. The van der Waals surface area contributed by atoms with Crippen LogP contribution in [0.1, 0.15) is 95.9 Å². The van der Waals surface area contributed by atoms with Crippen LogP contribution in [-0.2, 0) is 0 Å². The topological polar surface area (TPSA) is 48.1 Å². The Morgan fingerprint density at radius 1 is 0.730 bits per heavy atom. The van der Waals surface area contributed by atoms with E-state index in [0.29, 0.717) is 5.92 Å². The van der Waals surface area contributed by atoms with Gasteiger partial charge < -0.3 is 21.3 Å². The summed E-state index contributed by atoms with van der Waals surface area (Å²) in [5.41, 5.74) is 5.14. The van der Waals surface area contributed by atoms with E-state index in [0.717, 1.165) is 26.2 Å². The van der Waals surface area contributed by atoms with Crippen LogP contribution < -0.4 is 21.3 Å². The van der Waals surface area contributed by atoms with Gasteiger partial charge in [-0.25, -0.2) is 0 Å². The Morgan fingerprint density at radius 2 is 1.14 bits per heavy atom. The Morgan fingerprint density at radius 3 is 1.46 bits per heavy atom. The van der Waals surface area contributed by atoms with E-state index in [-0.39, 0.29) is 46.6 Å². The fraction of sp³-hybridized carbons (Fsp3) is 0.871. The van der Waals surface area contributed by atoms with Gasteiger partial charge in [-0.1, -0.05) is 108 Å². The highest BCUT2D eigenvalue weighted by atomic mass is 31.1. The molecule has 0 aromatic rings. The Balaban J connectivity index is 2.31. The maximum Gasteiger partial charge on any atom is 0.0735 e. The Bertz CT molecular complexity index is 820. The molecule has 0 bridgehead atoms. The maximum atomic E-state index is 3.91. The molecule has 0 radical (unpaired) electrons. The van der Waals surface area contributed by atoms with Crippen molar-refractivity contribution in [1.82, 2.24) is 21.3 Å². The van der Waals surface area contributed by atoms with Crippen LogP contribution in [-0.4, -0.2) is 60.1 Å². The fourth-order valence-electron chi connectivity index (χ4n) is 7.00. The predicted molar refractivity (Wildman–Crippen MR) is 170 cm³/mol. The van der Waals surface area contributed by atoms with Crippen LogP contribution in [0, 0.1) is 16.7 Å². The third-order valence-corrected chi connectivity index (χ3v) is 13.4. The second-order valence-electron chi connectivity index (χ2n) is 15.8. The van der Waals surface area contributed by atoms with Gasteiger partial charge in [-0.05, 0) is 71.9 Å². The molecule has 3 aliphatic rings. The van der Waals surface area contributed by atoms with Gasteiger partial charge in [-0.2, -0.15) is 0 Å². The maximum absolute atomic E-state index is 3.91. The van der Waals surface area contributed by atoms with Gasteiger partial charge in [0, 0.05) is 5.92 Å². The van der Waals surface area contributed by atoms with Gasteiger partial charge in [-0.15, -0.1) is 9.24 Å².